The number of hydrogen-bond acceptors (Lipinski definition) is 6. The van der Waals surface area contributed by atoms with Crippen LogP contribution in [0.15, 0.2) is 16.0 Å². The zero-order chi connectivity index (χ0) is 16.9. The highest BCUT2D eigenvalue weighted by molar-refractivity contribution is 7.09. The van der Waals surface area contributed by atoms with Crippen molar-refractivity contribution < 1.29 is 9.32 Å². The predicted octanol–water partition coefficient (Wildman–Crippen LogP) is 1.82. The fourth-order valence-corrected chi connectivity index (χ4v) is 3.41. The lowest BCUT2D eigenvalue weighted by molar-refractivity contribution is 0.133. The van der Waals surface area contributed by atoms with Gasteiger partial charge in [-0.1, -0.05) is 5.16 Å². The summed E-state index contributed by atoms with van der Waals surface area (Å²) in [5.41, 5.74) is 1.99. The molecular weight excluding hydrogens is 326 g/mol. The molecule has 1 aliphatic rings. The summed E-state index contributed by atoms with van der Waals surface area (Å²) in [6, 6.07) is 1.97. The molecule has 0 radical (unpaired) electrons. The van der Waals surface area contributed by atoms with Crippen molar-refractivity contribution in [1.29, 1.82) is 0 Å². The summed E-state index contributed by atoms with van der Waals surface area (Å²) in [5.74, 6) is 0.832. The van der Waals surface area contributed by atoms with Crippen molar-refractivity contribution in [2.45, 2.75) is 26.8 Å². The molecule has 2 aromatic rings. The highest BCUT2D eigenvalue weighted by Crippen LogP contribution is 2.10. The summed E-state index contributed by atoms with van der Waals surface area (Å²) in [5, 5.41) is 10.1. The largest absolute Gasteiger partial charge is 0.361 e. The van der Waals surface area contributed by atoms with Gasteiger partial charge in [-0.2, -0.15) is 0 Å². The van der Waals surface area contributed by atoms with Crippen LogP contribution in [0.25, 0.3) is 0 Å². The highest BCUT2D eigenvalue weighted by Gasteiger charge is 2.21. The van der Waals surface area contributed by atoms with E-state index in [1.165, 1.54) is 0 Å². The van der Waals surface area contributed by atoms with E-state index in [9.17, 15) is 4.79 Å². The second kappa shape index (κ2) is 7.76. The van der Waals surface area contributed by atoms with Crippen LogP contribution in [0, 0.1) is 13.8 Å². The molecule has 8 heteroatoms. The van der Waals surface area contributed by atoms with Gasteiger partial charge in [0.25, 0.3) is 0 Å². The number of piperazine rings is 1. The van der Waals surface area contributed by atoms with E-state index in [2.05, 4.69) is 20.4 Å². The zero-order valence-corrected chi connectivity index (χ0v) is 14.9. The Morgan fingerprint density at radius 2 is 2.08 bits per heavy atom. The molecule has 3 heterocycles. The SMILES string of the molecule is Cc1cc(CN2CCN(C(=O)NCCc3csc(C)n3)CC2)no1. The molecular formula is C16H23N5O2S. The number of hydrogen-bond donors (Lipinski definition) is 1. The summed E-state index contributed by atoms with van der Waals surface area (Å²) in [6.45, 7) is 8.46. The minimum Gasteiger partial charge on any atom is -0.361 e. The van der Waals surface area contributed by atoms with Crippen molar-refractivity contribution in [3.8, 4) is 0 Å². The molecule has 3 rings (SSSR count). The molecule has 1 saturated heterocycles. The monoisotopic (exact) mass is 349 g/mol. The second-order valence-corrected chi connectivity index (χ2v) is 7.09. The average Bonchev–Trinajstić information content (AvgIpc) is 3.16. The Morgan fingerprint density at radius 3 is 2.71 bits per heavy atom. The lowest BCUT2D eigenvalue weighted by Crippen LogP contribution is -2.51. The Kier molecular flexibility index (Phi) is 5.47. The lowest BCUT2D eigenvalue weighted by Gasteiger charge is -2.34. The minimum atomic E-state index is 0.0129. The quantitative estimate of drug-likeness (QED) is 0.891. The van der Waals surface area contributed by atoms with Crippen LogP contribution in [-0.4, -0.2) is 58.7 Å². The van der Waals surface area contributed by atoms with Crippen LogP contribution in [-0.2, 0) is 13.0 Å². The fraction of sp³-hybridized carbons (Fsp3) is 0.562. The van der Waals surface area contributed by atoms with Crippen LogP contribution in [0.3, 0.4) is 0 Å². The van der Waals surface area contributed by atoms with Crippen LogP contribution in [0.5, 0.6) is 0 Å². The number of nitrogens with zero attached hydrogens (tertiary/aromatic N) is 4. The van der Waals surface area contributed by atoms with E-state index in [0.29, 0.717) is 6.54 Å². The topological polar surface area (TPSA) is 74.5 Å². The van der Waals surface area contributed by atoms with Crippen molar-refractivity contribution in [3.05, 3.63) is 33.6 Å². The van der Waals surface area contributed by atoms with Crippen molar-refractivity contribution in [1.82, 2.24) is 25.3 Å². The fourth-order valence-electron chi connectivity index (χ4n) is 2.76. The summed E-state index contributed by atoms with van der Waals surface area (Å²) in [6.07, 6.45) is 0.779. The van der Waals surface area contributed by atoms with Crippen molar-refractivity contribution >= 4 is 17.4 Å². The predicted molar refractivity (Wildman–Crippen MR) is 92.0 cm³/mol. The van der Waals surface area contributed by atoms with Gasteiger partial charge in [0.15, 0.2) is 0 Å². The van der Waals surface area contributed by atoms with Gasteiger partial charge in [0, 0.05) is 57.1 Å². The smallest absolute Gasteiger partial charge is 0.317 e. The first-order chi connectivity index (χ1) is 11.6. The van der Waals surface area contributed by atoms with Crippen molar-refractivity contribution in [3.63, 3.8) is 0 Å². The van der Waals surface area contributed by atoms with Gasteiger partial charge in [0.05, 0.1) is 16.4 Å². The molecule has 2 aromatic heterocycles. The Morgan fingerprint density at radius 1 is 1.29 bits per heavy atom. The average molecular weight is 349 g/mol. The maximum Gasteiger partial charge on any atom is 0.317 e. The van der Waals surface area contributed by atoms with Gasteiger partial charge < -0.3 is 14.7 Å². The molecule has 0 aliphatic carbocycles. The first kappa shape index (κ1) is 16.9. The summed E-state index contributed by atoms with van der Waals surface area (Å²) in [4.78, 5) is 20.8. The van der Waals surface area contributed by atoms with Crippen LogP contribution in [0.2, 0.25) is 0 Å². The van der Waals surface area contributed by atoms with Crippen LogP contribution >= 0.6 is 11.3 Å². The number of amides is 2. The van der Waals surface area contributed by atoms with E-state index in [4.69, 9.17) is 4.52 Å². The summed E-state index contributed by atoms with van der Waals surface area (Å²) < 4.78 is 5.09. The zero-order valence-electron chi connectivity index (χ0n) is 14.1. The molecule has 0 atom stereocenters. The standard InChI is InChI=1S/C16H23N5O2S/c1-12-9-15(19-23-12)10-20-5-7-21(8-6-20)16(22)17-4-3-14-11-24-13(2)18-14/h9,11H,3-8,10H2,1-2H3,(H,17,22). The number of carbonyl (C=O) groups excluding carboxylic acids is 1. The molecule has 0 unspecified atom stereocenters. The Bertz CT molecular complexity index is 676. The second-order valence-electron chi connectivity index (χ2n) is 6.03. The number of aryl methyl sites for hydroxylation is 2. The summed E-state index contributed by atoms with van der Waals surface area (Å²) >= 11 is 1.64. The van der Waals surface area contributed by atoms with Crippen molar-refractivity contribution in [2.75, 3.05) is 32.7 Å². The van der Waals surface area contributed by atoms with Gasteiger partial charge in [-0.3, -0.25) is 4.90 Å². The summed E-state index contributed by atoms with van der Waals surface area (Å²) in [7, 11) is 0. The Balaban J connectivity index is 1.37. The lowest BCUT2D eigenvalue weighted by atomic mass is 10.3. The van der Waals surface area contributed by atoms with E-state index in [1.54, 1.807) is 11.3 Å². The van der Waals surface area contributed by atoms with Crippen molar-refractivity contribution in [2.24, 2.45) is 0 Å². The van der Waals surface area contributed by atoms with Gasteiger partial charge in [-0.25, -0.2) is 9.78 Å². The van der Waals surface area contributed by atoms with E-state index < -0.39 is 0 Å². The van der Waals surface area contributed by atoms with Gasteiger partial charge >= 0.3 is 6.03 Å². The first-order valence-corrected chi connectivity index (χ1v) is 9.06. The van der Waals surface area contributed by atoms with E-state index in [1.807, 2.05) is 30.2 Å². The number of nitrogens with one attached hydrogen (secondary N) is 1. The number of rotatable bonds is 5. The van der Waals surface area contributed by atoms with Crippen LogP contribution in [0.4, 0.5) is 4.79 Å². The van der Waals surface area contributed by atoms with Gasteiger partial charge in [0.1, 0.15) is 5.76 Å². The number of carbonyl (C=O) groups is 1. The molecule has 130 valence electrons. The van der Waals surface area contributed by atoms with E-state index >= 15 is 0 Å². The normalized spacial score (nSPS) is 15.7. The van der Waals surface area contributed by atoms with Gasteiger partial charge in [-0.15, -0.1) is 11.3 Å². The molecule has 0 bridgehead atoms. The third kappa shape index (κ3) is 4.55. The molecule has 1 N–H and O–H groups in total. The number of thiazole rings is 1. The third-order valence-corrected chi connectivity index (χ3v) is 4.87. The van der Waals surface area contributed by atoms with Gasteiger partial charge in [0.2, 0.25) is 0 Å². The molecule has 24 heavy (non-hydrogen) atoms. The molecule has 0 saturated carbocycles. The number of aromatic nitrogens is 2. The van der Waals surface area contributed by atoms with E-state index in [-0.39, 0.29) is 6.03 Å². The Labute approximate surface area is 145 Å². The minimum absolute atomic E-state index is 0.0129. The first-order valence-electron chi connectivity index (χ1n) is 8.18. The Hall–Kier alpha value is -1.93. The molecule has 1 fully saturated rings. The molecule has 2 amide bonds. The molecule has 0 spiro atoms. The maximum atomic E-state index is 12.2. The number of urea groups is 1. The van der Waals surface area contributed by atoms with E-state index in [0.717, 1.165) is 61.3 Å². The van der Waals surface area contributed by atoms with Crippen LogP contribution in [0.1, 0.15) is 22.2 Å². The highest BCUT2D eigenvalue weighted by atomic mass is 32.1. The maximum absolute atomic E-state index is 12.2. The van der Waals surface area contributed by atoms with Gasteiger partial charge in [-0.05, 0) is 13.8 Å². The third-order valence-electron chi connectivity index (χ3n) is 4.05. The van der Waals surface area contributed by atoms with Crippen LogP contribution < -0.4 is 5.32 Å². The molecule has 1 aliphatic heterocycles. The molecule has 0 aromatic carbocycles. The molecule has 7 nitrogen and oxygen atoms in total.